The fourth-order valence-electron chi connectivity index (χ4n) is 1.63. The van der Waals surface area contributed by atoms with Gasteiger partial charge in [-0.25, -0.2) is 0 Å². The Morgan fingerprint density at radius 3 is 3.06 bits per heavy atom. The molecule has 0 fully saturated rings. The van der Waals surface area contributed by atoms with E-state index in [1.807, 2.05) is 0 Å². The van der Waals surface area contributed by atoms with Crippen molar-refractivity contribution in [3.63, 3.8) is 0 Å². The summed E-state index contributed by atoms with van der Waals surface area (Å²) in [5.41, 5.74) is 7.43. The van der Waals surface area contributed by atoms with E-state index >= 15 is 0 Å². The number of aliphatic hydroxyl groups excluding tert-OH is 1. The molecule has 0 saturated carbocycles. The third kappa shape index (κ3) is 1.62. The molecule has 2 aromatic heterocycles. The molecule has 84 valence electrons. The number of hydrogen-bond acceptors (Lipinski definition) is 4. The molecule has 5 nitrogen and oxygen atoms in total. The zero-order valence-corrected chi connectivity index (χ0v) is 9.49. The summed E-state index contributed by atoms with van der Waals surface area (Å²) < 4.78 is 1.63. The molecule has 0 unspecified atom stereocenters. The average molecular weight is 237 g/mol. The highest BCUT2D eigenvalue weighted by atomic mass is 32.1. The number of aryl methyl sites for hydroxylation is 1. The quantitative estimate of drug-likeness (QED) is 0.826. The molecule has 0 radical (unpaired) electrons. The zero-order chi connectivity index (χ0) is 11.7. The van der Waals surface area contributed by atoms with E-state index in [0.29, 0.717) is 10.4 Å². The van der Waals surface area contributed by atoms with Gasteiger partial charge in [0.05, 0.1) is 18.5 Å². The largest absolute Gasteiger partial charge is 0.392 e. The predicted molar refractivity (Wildman–Crippen MR) is 61.0 cm³/mol. The van der Waals surface area contributed by atoms with Crippen LogP contribution >= 0.6 is 11.3 Å². The third-order valence-corrected chi connectivity index (χ3v) is 3.26. The van der Waals surface area contributed by atoms with Gasteiger partial charge in [-0.15, -0.1) is 11.3 Å². The Balaban J connectivity index is 2.62. The van der Waals surface area contributed by atoms with Gasteiger partial charge in [0.2, 0.25) is 0 Å². The lowest BCUT2D eigenvalue weighted by atomic mass is 10.1. The van der Waals surface area contributed by atoms with Gasteiger partial charge in [0.15, 0.2) is 0 Å². The molecule has 2 heterocycles. The molecule has 0 saturated heterocycles. The Labute approximate surface area is 96.1 Å². The fourth-order valence-corrected chi connectivity index (χ4v) is 2.38. The van der Waals surface area contributed by atoms with Crippen LogP contribution < -0.4 is 5.73 Å². The third-order valence-electron chi connectivity index (χ3n) is 2.33. The SMILES string of the molecule is Cn1ncc(CO)c1-c1ccsc1C(N)=O. The van der Waals surface area contributed by atoms with Crippen LogP contribution in [0.15, 0.2) is 17.6 Å². The second-order valence-electron chi connectivity index (χ2n) is 3.33. The van der Waals surface area contributed by atoms with Crippen LogP contribution in [-0.2, 0) is 13.7 Å². The van der Waals surface area contributed by atoms with Crippen molar-refractivity contribution in [2.24, 2.45) is 12.8 Å². The van der Waals surface area contributed by atoms with Crippen molar-refractivity contribution in [1.29, 1.82) is 0 Å². The van der Waals surface area contributed by atoms with Crippen LogP contribution in [0.1, 0.15) is 15.2 Å². The van der Waals surface area contributed by atoms with Crippen molar-refractivity contribution >= 4 is 17.2 Å². The molecule has 0 aromatic carbocycles. The molecule has 2 rings (SSSR count). The molecule has 2 aromatic rings. The number of thiophene rings is 1. The standard InChI is InChI=1S/C10H11N3O2S/c1-13-8(6(5-14)4-12-13)7-2-3-16-9(7)10(11)15/h2-4,14H,5H2,1H3,(H2,11,15). The van der Waals surface area contributed by atoms with Crippen LogP contribution in [0.4, 0.5) is 0 Å². The van der Waals surface area contributed by atoms with E-state index in [4.69, 9.17) is 5.73 Å². The van der Waals surface area contributed by atoms with E-state index in [2.05, 4.69) is 5.10 Å². The van der Waals surface area contributed by atoms with Gasteiger partial charge >= 0.3 is 0 Å². The van der Waals surface area contributed by atoms with Crippen molar-refractivity contribution in [2.45, 2.75) is 6.61 Å². The van der Waals surface area contributed by atoms with Crippen LogP contribution in [-0.4, -0.2) is 20.8 Å². The molecule has 3 N–H and O–H groups in total. The first kappa shape index (κ1) is 10.8. The fraction of sp³-hybridized carbons (Fsp3) is 0.200. The molecular formula is C10H11N3O2S. The Morgan fingerprint density at radius 2 is 2.44 bits per heavy atom. The summed E-state index contributed by atoms with van der Waals surface area (Å²) in [6, 6.07) is 1.81. The minimum Gasteiger partial charge on any atom is -0.392 e. The van der Waals surface area contributed by atoms with Crippen LogP contribution in [0.25, 0.3) is 11.3 Å². The molecule has 0 aliphatic rings. The van der Waals surface area contributed by atoms with Gasteiger partial charge in [-0.1, -0.05) is 0 Å². The Hall–Kier alpha value is -1.66. The van der Waals surface area contributed by atoms with Crippen molar-refractivity contribution in [3.8, 4) is 11.3 Å². The maximum absolute atomic E-state index is 11.2. The van der Waals surface area contributed by atoms with Gasteiger partial charge < -0.3 is 10.8 Å². The summed E-state index contributed by atoms with van der Waals surface area (Å²) >= 11 is 1.29. The van der Waals surface area contributed by atoms with Crippen molar-refractivity contribution in [1.82, 2.24) is 9.78 Å². The highest BCUT2D eigenvalue weighted by molar-refractivity contribution is 7.12. The van der Waals surface area contributed by atoms with E-state index in [1.54, 1.807) is 29.4 Å². The number of nitrogens with zero attached hydrogens (tertiary/aromatic N) is 2. The van der Waals surface area contributed by atoms with Gasteiger partial charge in [-0.2, -0.15) is 5.10 Å². The Morgan fingerprint density at radius 1 is 1.69 bits per heavy atom. The second-order valence-corrected chi connectivity index (χ2v) is 4.24. The lowest BCUT2D eigenvalue weighted by Gasteiger charge is -2.04. The number of nitrogens with two attached hydrogens (primary N) is 1. The van der Waals surface area contributed by atoms with Crippen molar-refractivity contribution in [2.75, 3.05) is 0 Å². The minimum absolute atomic E-state index is 0.114. The Kier molecular flexibility index (Phi) is 2.76. The summed E-state index contributed by atoms with van der Waals surface area (Å²) in [5.74, 6) is -0.463. The maximum atomic E-state index is 11.2. The first-order valence-corrected chi connectivity index (χ1v) is 5.52. The van der Waals surface area contributed by atoms with Crippen LogP contribution in [0, 0.1) is 0 Å². The van der Waals surface area contributed by atoms with Crippen LogP contribution in [0.5, 0.6) is 0 Å². The molecule has 1 amide bonds. The van der Waals surface area contributed by atoms with Gasteiger partial charge in [0.25, 0.3) is 5.91 Å². The summed E-state index contributed by atoms with van der Waals surface area (Å²) in [5, 5.41) is 15.0. The smallest absolute Gasteiger partial charge is 0.259 e. The molecule has 0 spiro atoms. The van der Waals surface area contributed by atoms with Gasteiger partial charge in [-0.3, -0.25) is 9.48 Å². The van der Waals surface area contributed by atoms with Crippen molar-refractivity contribution in [3.05, 3.63) is 28.1 Å². The minimum atomic E-state index is -0.463. The number of rotatable bonds is 3. The lowest BCUT2D eigenvalue weighted by molar-refractivity contribution is 0.100. The first-order valence-electron chi connectivity index (χ1n) is 4.64. The topological polar surface area (TPSA) is 81.1 Å². The summed E-state index contributed by atoms with van der Waals surface area (Å²) in [6.45, 7) is -0.114. The van der Waals surface area contributed by atoms with E-state index in [-0.39, 0.29) is 6.61 Å². The first-order chi connectivity index (χ1) is 7.65. The number of primary amides is 1. The summed E-state index contributed by atoms with van der Waals surface area (Å²) in [6.07, 6.45) is 1.58. The average Bonchev–Trinajstić information content (AvgIpc) is 2.82. The number of hydrogen-bond donors (Lipinski definition) is 2. The normalized spacial score (nSPS) is 10.6. The van der Waals surface area contributed by atoms with Gasteiger partial charge in [0, 0.05) is 18.2 Å². The number of amides is 1. The van der Waals surface area contributed by atoms with E-state index in [9.17, 15) is 9.90 Å². The number of carbonyl (C=O) groups is 1. The highest BCUT2D eigenvalue weighted by Gasteiger charge is 2.17. The van der Waals surface area contributed by atoms with E-state index in [0.717, 1.165) is 11.3 Å². The monoisotopic (exact) mass is 237 g/mol. The molecule has 16 heavy (non-hydrogen) atoms. The second kappa shape index (κ2) is 4.07. The zero-order valence-electron chi connectivity index (χ0n) is 8.67. The number of carbonyl (C=O) groups excluding carboxylic acids is 1. The molecular weight excluding hydrogens is 226 g/mol. The summed E-state index contributed by atoms with van der Waals surface area (Å²) in [4.78, 5) is 11.7. The molecule has 0 aliphatic heterocycles. The van der Waals surface area contributed by atoms with E-state index < -0.39 is 5.91 Å². The molecule has 0 bridgehead atoms. The highest BCUT2D eigenvalue weighted by Crippen LogP contribution is 2.30. The van der Waals surface area contributed by atoms with Gasteiger partial charge in [0.1, 0.15) is 4.88 Å². The molecule has 0 aliphatic carbocycles. The van der Waals surface area contributed by atoms with E-state index in [1.165, 1.54) is 11.3 Å². The van der Waals surface area contributed by atoms with Crippen molar-refractivity contribution < 1.29 is 9.90 Å². The number of aromatic nitrogens is 2. The van der Waals surface area contributed by atoms with Crippen LogP contribution in [0.2, 0.25) is 0 Å². The Bertz CT molecular complexity index is 530. The predicted octanol–water partition coefficient (Wildman–Crippen LogP) is 0.740. The lowest BCUT2D eigenvalue weighted by Crippen LogP contribution is -2.11. The number of aliphatic hydroxyl groups is 1. The maximum Gasteiger partial charge on any atom is 0.259 e. The van der Waals surface area contributed by atoms with Gasteiger partial charge in [-0.05, 0) is 11.4 Å². The molecule has 6 heteroatoms. The molecule has 0 atom stereocenters. The van der Waals surface area contributed by atoms with Crippen LogP contribution in [0.3, 0.4) is 0 Å². The summed E-state index contributed by atoms with van der Waals surface area (Å²) in [7, 11) is 1.76.